The van der Waals surface area contributed by atoms with Gasteiger partial charge >= 0.3 is 0 Å². The fourth-order valence-electron chi connectivity index (χ4n) is 3.15. The van der Waals surface area contributed by atoms with Gasteiger partial charge in [-0.05, 0) is 35.9 Å². The summed E-state index contributed by atoms with van der Waals surface area (Å²) in [4.78, 5) is 19.4. The quantitative estimate of drug-likeness (QED) is 0.363. The van der Waals surface area contributed by atoms with E-state index in [1.807, 2.05) is 30.3 Å². The molecule has 3 aromatic carbocycles. The lowest BCUT2D eigenvalue weighted by Crippen LogP contribution is -2.32. The Morgan fingerprint density at radius 3 is 2.39 bits per heavy atom. The summed E-state index contributed by atoms with van der Waals surface area (Å²) < 4.78 is 5.14. The van der Waals surface area contributed by atoms with Crippen LogP contribution in [-0.4, -0.2) is 24.0 Å². The van der Waals surface area contributed by atoms with Crippen LogP contribution >= 0.6 is 34.8 Å². The van der Waals surface area contributed by atoms with Crippen LogP contribution < -0.4 is 9.64 Å². The van der Waals surface area contributed by atoms with Crippen molar-refractivity contribution in [3.05, 3.63) is 92.6 Å². The van der Waals surface area contributed by atoms with E-state index in [4.69, 9.17) is 39.5 Å². The van der Waals surface area contributed by atoms with E-state index in [2.05, 4.69) is 4.99 Å². The number of nitrogens with zero attached hydrogens (tertiary/aromatic N) is 2. The summed E-state index contributed by atoms with van der Waals surface area (Å²) in [5.74, 6) is 0.311. The standard InChI is InChI=1S/C23H15Cl3N2O3/c1-31-21-10-13(7-8-20(21)29)9-18-23(30)28(19-12-16(25)15(24)11-17(19)26)22(27-18)14-5-3-2-4-6-14/h2-12,29H,1H3/b18-9+. The summed E-state index contributed by atoms with van der Waals surface area (Å²) >= 11 is 18.7. The number of halogens is 3. The van der Waals surface area contributed by atoms with Crippen molar-refractivity contribution in [2.24, 2.45) is 4.99 Å². The number of amides is 1. The van der Waals surface area contributed by atoms with Crippen LogP contribution in [0.25, 0.3) is 6.08 Å². The number of hydrogen-bond acceptors (Lipinski definition) is 4. The van der Waals surface area contributed by atoms with E-state index >= 15 is 0 Å². The van der Waals surface area contributed by atoms with Crippen molar-refractivity contribution < 1.29 is 14.6 Å². The molecule has 3 aromatic rings. The summed E-state index contributed by atoms with van der Waals surface area (Å²) in [7, 11) is 1.45. The third-order valence-electron chi connectivity index (χ3n) is 4.63. The van der Waals surface area contributed by atoms with Crippen molar-refractivity contribution in [2.45, 2.75) is 0 Å². The summed E-state index contributed by atoms with van der Waals surface area (Å²) in [6.07, 6.45) is 1.61. The van der Waals surface area contributed by atoms with Crippen LogP contribution in [0.4, 0.5) is 5.69 Å². The monoisotopic (exact) mass is 472 g/mol. The minimum Gasteiger partial charge on any atom is -0.504 e. The maximum absolute atomic E-state index is 13.4. The predicted molar refractivity (Wildman–Crippen MR) is 125 cm³/mol. The number of carbonyl (C=O) groups is 1. The normalized spacial score (nSPS) is 14.8. The molecule has 0 saturated carbocycles. The van der Waals surface area contributed by atoms with Gasteiger partial charge in [-0.2, -0.15) is 0 Å². The second kappa shape index (κ2) is 8.63. The smallest absolute Gasteiger partial charge is 0.282 e. The minimum absolute atomic E-state index is 0.0000822. The molecule has 156 valence electrons. The molecule has 1 amide bonds. The van der Waals surface area contributed by atoms with Crippen molar-refractivity contribution >= 4 is 58.3 Å². The Bertz CT molecular complexity index is 1240. The Balaban J connectivity index is 1.86. The van der Waals surface area contributed by atoms with Crippen LogP contribution in [0.15, 0.2) is 71.4 Å². The number of hydrogen-bond donors (Lipinski definition) is 1. The Morgan fingerprint density at radius 2 is 1.68 bits per heavy atom. The zero-order valence-corrected chi connectivity index (χ0v) is 18.4. The lowest BCUT2D eigenvalue weighted by molar-refractivity contribution is -0.113. The lowest BCUT2D eigenvalue weighted by Gasteiger charge is -2.20. The van der Waals surface area contributed by atoms with Gasteiger partial charge in [0.1, 0.15) is 11.5 Å². The van der Waals surface area contributed by atoms with Gasteiger partial charge in [0.05, 0.1) is 27.9 Å². The van der Waals surface area contributed by atoms with Crippen LogP contribution in [0.3, 0.4) is 0 Å². The third-order valence-corrected chi connectivity index (χ3v) is 5.66. The number of amidine groups is 1. The molecule has 0 aliphatic carbocycles. The van der Waals surface area contributed by atoms with Crippen molar-refractivity contribution in [1.82, 2.24) is 0 Å². The number of anilines is 1. The first-order valence-electron chi connectivity index (χ1n) is 9.11. The number of aromatic hydroxyl groups is 1. The van der Waals surface area contributed by atoms with E-state index in [9.17, 15) is 9.90 Å². The summed E-state index contributed by atoms with van der Waals surface area (Å²) in [5.41, 5.74) is 1.92. The highest BCUT2D eigenvalue weighted by atomic mass is 35.5. The van der Waals surface area contributed by atoms with Gasteiger partial charge in [0.2, 0.25) is 0 Å². The fourth-order valence-corrected chi connectivity index (χ4v) is 3.77. The molecule has 4 rings (SSSR count). The van der Waals surface area contributed by atoms with Crippen LogP contribution in [0.5, 0.6) is 11.5 Å². The number of methoxy groups -OCH3 is 1. The largest absolute Gasteiger partial charge is 0.504 e. The Labute approximate surface area is 193 Å². The molecule has 1 aliphatic rings. The van der Waals surface area contributed by atoms with E-state index in [0.717, 1.165) is 5.56 Å². The molecule has 1 heterocycles. The Hall–Kier alpha value is -2.99. The average molecular weight is 474 g/mol. The van der Waals surface area contributed by atoms with Gasteiger partial charge in [-0.1, -0.05) is 71.2 Å². The van der Waals surface area contributed by atoms with E-state index in [1.54, 1.807) is 18.2 Å². The number of phenolic OH excluding ortho intramolecular Hbond substituents is 1. The molecule has 0 radical (unpaired) electrons. The fraction of sp³-hybridized carbons (Fsp3) is 0.0435. The molecule has 5 nitrogen and oxygen atoms in total. The molecule has 0 saturated heterocycles. The molecular formula is C23H15Cl3N2O3. The topological polar surface area (TPSA) is 62.1 Å². The van der Waals surface area contributed by atoms with Crippen molar-refractivity contribution in [3.63, 3.8) is 0 Å². The third kappa shape index (κ3) is 4.12. The van der Waals surface area contributed by atoms with Crippen LogP contribution in [-0.2, 0) is 4.79 Å². The molecule has 1 N–H and O–H groups in total. The van der Waals surface area contributed by atoms with E-state index in [-0.39, 0.29) is 38.2 Å². The van der Waals surface area contributed by atoms with Crippen molar-refractivity contribution in [1.29, 1.82) is 0 Å². The van der Waals surface area contributed by atoms with Gasteiger partial charge in [-0.3, -0.25) is 9.69 Å². The number of benzene rings is 3. The van der Waals surface area contributed by atoms with Crippen LogP contribution in [0, 0.1) is 0 Å². The maximum Gasteiger partial charge on any atom is 0.282 e. The van der Waals surface area contributed by atoms with Gasteiger partial charge < -0.3 is 9.84 Å². The van der Waals surface area contributed by atoms with Gasteiger partial charge in [0.25, 0.3) is 5.91 Å². The van der Waals surface area contributed by atoms with Gasteiger partial charge in [-0.15, -0.1) is 0 Å². The highest BCUT2D eigenvalue weighted by Gasteiger charge is 2.34. The van der Waals surface area contributed by atoms with Crippen molar-refractivity contribution in [3.8, 4) is 11.5 Å². The Morgan fingerprint density at radius 1 is 0.968 bits per heavy atom. The number of ether oxygens (including phenoxy) is 1. The molecule has 0 bridgehead atoms. The average Bonchev–Trinajstić information content (AvgIpc) is 3.08. The molecule has 1 aliphatic heterocycles. The lowest BCUT2D eigenvalue weighted by atomic mass is 10.1. The zero-order chi connectivity index (χ0) is 22.1. The molecule has 31 heavy (non-hydrogen) atoms. The highest BCUT2D eigenvalue weighted by molar-refractivity contribution is 6.45. The SMILES string of the molecule is COc1cc(/C=C2/N=C(c3ccccc3)N(c3cc(Cl)c(Cl)cc3Cl)C2=O)ccc1O. The maximum atomic E-state index is 13.4. The van der Waals surface area contributed by atoms with E-state index < -0.39 is 0 Å². The number of aliphatic imine (C=N–C) groups is 1. The Kier molecular flexibility index (Phi) is 5.92. The number of carbonyl (C=O) groups excluding carboxylic acids is 1. The van der Waals surface area contributed by atoms with Gasteiger partial charge in [0, 0.05) is 5.56 Å². The van der Waals surface area contributed by atoms with E-state index in [1.165, 1.54) is 30.2 Å². The first-order valence-corrected chi connectivity index (χ1v) is 10.2. The molecular weight excluding hydrogens is 459 g/mol. The molecule has 0 fully saturated rings. The molecule has 0 unspecified atom stereocenters. The van der Waals surface area contributed by atoms with Gasteiger partial charge in [-0.25, -0.2) is 4.99 Å². The molecule has 0 atom stereocenters. The first kappa shape index (κ1) is 21.2. The highest BCUT2D eigenvalue weighted by Crippen LogP contribution is 2.38. The predicted octanol–water partition coefficient (Wildman–Crippen LogP) is 6.20. The van der Waals surface area contributed by atoms with Crippen LogP contribution in [0.2, 0.25) is 15.1 Å². The second-order valence-electron chi connectivity index (χ2n) is 6.62. The second-order valence-corrected chi connectivity index (χ2v) is 7.84. The molecule has 0 spiro atoms. The molecule has 0 aromatic heterocycles. The zero-order valence-electron chi connectivity index (χ0n) is 16.1. The number of rotatable bonds is 4. The van der Waals surface area contributed by atoms with E-state index in [0.29, 0.717) is 17.1 Å². The first-order chi connectivity index (χ1) is 14.9. The molecule has 8 heteroatoms. The summed E-state index contributed by atoms with van der Waals surface area (Å²) in [6, 6.07) is 17.0. The minimum atomic E-state index is -0.383. The van der Waals surface area contributed by atoms with Crippen molar-refractivity contribution in [2.75, 3.05) is 12.0 Å². The number of phenols is 1. The van der Waals surface area contributed by atoms with Crippen LogP contribution in [0.1, 0.15) is 11.1 Å². The summed E-state index contributed by atoms with van der Waals surface area (Å²) in [6.45, 7) is 0. The summed E-state index contributed by atoms with van der Waals surface area (Å²) in [5, 5.41) is 10.6. The van der Waals surface area contributed by atoms with Gasteiger partial charge in [0.15, 0.2) is 11.5 Å².